The average Bonchev–Trinajstić information content (AvgIpc) is 3.20. The van der Waals surface area contributed by atoms with Crippen molar-refractivity contribution in [2.45, 2.75) is 32.0 Å². The highest BCUT2D eigenvalue weighted by Crippen LogP contribution is 2.24. The molecule has 0 amide bonds. The fraction of sp³-hybridized carbons (Fsp3) is 0.375. The van der Waals surface area contributed by atoms with Crippen molar-refractivity contribution in [1.29, 1.82) is 0 Å². The summed E-state index contributed by atoms with van der Waals surface area (Å²) in [5, 5.41) is 5.68. The Labute approximate surface area is 132 Å². The van der Waals surface area contributed by atoms with Crippen LogP contribution in [0.3, 0.4) is 0 Å². The van der Waals surface area contributed by atoms with E-state index in [1.54, 1.807) is 11.3 Å². The molecule has 3 rings (SSSR count). The van der Waals surface area contributed by atoms with Crippen LogP contribution >= 0.6 is 27.3 Å². The average molecular weight is 351 g/mol. The molecule has 0 spiro atoms. The molecular formula is C16H19BrN2S. The van der Waals surface area contributed by atoms with Crippen LogP contribution in [0.5, 0.6) is 0 Å². The van der Waals surface area contributed by atoms with E-state index < -0.39 is 0 Å². The van der Waals surface area contributed by atoms with E-state index in [4.69, 9.17) is 0 Å². The lowest BCUT2D eigenvalue weighted by molar-refractivity contribution is 0.688. The molecule has 4 heteroatoms. The lowest BCUT2D eigenvalue weighted by Crippen LogP contribution is -2.17. The molecule has 0 bridgehead atoms. The van der Waals surface area contributed by atoms with E-state index in [0.29, 0.717) is 0 Å². The van der Waals surface area contributed by atoms with Crippen molar-refractivity contribution in [2.24, 2.45) is 0 Å². The zero-order valence-corrected chi connectivity index (χ0v) is 14.0. The Balaban J connectivity index is 1.57. The number of hydrogen-bond donors (Lipinski definition) is 1. The fourth-order valence-electron chi connectivity index (χ4n) is 2.18. The van der Waals surface area contributed by atoms with Gasteiger partial charge in [0.25, 0.3) is 0 Å². The first-order valence-corrected chi connectivity index (χ1v) is 8.64. The number of hydrogen-bond acceptors (Lipinski definition) is 3. The van der Waals surface area contributed by atoms with Crippen molar-refractivity contribution in [3.63, 3.8) is 0 Å². The maximum atomic E-state index is 3.55. The fourth-order valence-corrected chi connectivity index (χ4v) is 3.68. The second kappa shape index (κ2) is 6.29. The molecule has 1 aromatic carbocycles. The molecule has 1 aliphatic rings. The second-order valence-corrected chi connectivity index (χ2v) is 7.32. The number of halogens is 1. The topological polar surface area (TPSA) is 15.3 Å². The van der Waals surface area contributed by atoms with Gasteiger partial charge in [-0.1, -0.05) is 12.1 Å². The second-order valence-electron chi connectivity index (χ2n) is 5.41. The third-order valence-corrected chi connectivity index (χ3v) is 5.25. The third-order valence-electron chi connectivity index (χ3n) is 3.56. The molecule has 106 valence electrons. The van der Waals surface area contributed by atoms with Crippen LogP contribution < -0.4 is 10.2 Å². The van der Waals surface area contributed by atoms with Gasteiger partial charge < -0.3 is 10.2 Å². The summed E-state index contributed by atoms with van der Waals surface area (Å²) < 4.78 is 1.17. The number of anilines is 1. The van der Waals surface area contributed by atoms with Gasteiger partial charge in [-0.25, -0.2) is 0 Å². The van der Waals surface area contributed by atoms with Crippen molar-refractivity contribution < 1.29 is 0 Å². The van der Waals surface area contributed by atoms with Gasteiger partial charge in [0, 0.05) is 40.1 Å². The van der Waals surface area contributed by atoms with Gasteiger partial charge in [0.05, 0.1) is 6.54 Å². The van der Waals surface area contributed by atoms with Gasteiger partial charge >= 0.3 is 0 Å². The minimum absolute atomic E-state index is 0.773. The summed E-state index contributed by atoms with van der Waals surface area (Å²) in [5.41, 5.74) is 2.64. The predicted molar refractivity (Wildman–Crippen MR) is 90.4 cm³/mol. The van der Waals surface area contributed by atoms with E-state index >= 15 is 0 Å². The summed E-state index contributed by atoms with van der Waals surface area (Å²) in [6.07, 6.45) is 2.69. The molecule has 2 aromatic rings. The first-order valence-electron chi connectivity index (χ1n) is 6.97. The standard InChI is InChI=1S/C16H19BrN2S/c1-19(10-16-8-13(17)11-20-16)15-6-2-12(3-7-15)9-18-14-4-5-14/h2-3,6-8,11,14,18H,4-5,9-10H2,1H3. The number of rotatable bonds is 6. The molecule has 0 saturated heterocycles. The Morgan fingerprint density at radius 1 is 1.30 bits per heavy atom. The molecule has 0 unspecified atom stereocenters. The Hall–Kier alpha value is -0.840. The molecule has 1 aromatic heterocycles. The number of nitrogens with one attached hydrogen (secondary N) is 1. The Bertz CT molecular complexity index is 560. The van der Waals surface area contributed by atoms with Gasteiger partial charge in [0.1, 0.15) is 0 Å². The van der Waals surface area contributed by atoms with Crippen molar-refractivity contribution in [1.82, 2.24) is 5.32 Å². The van der Waals surface area contributed by atoms with Crippen molar-refractivity contribution >= 4 is 33.0 Å². The predicted octanol–water partition coefficient (Wildman–Crippen LogP) is 4.40. The summed E-state index contributed by atoms with van der Waals surface area (Å²) in [7, 11) is 2.14. The summed E-state index contributed by atoms with van der Waals surface area (Å²) in [6.45, 7) is 1.95. The molecule has 1 aliphatic carbocycles. The highest BCUT2D eigenvalue weighted by atomic mass is 79.9. The van der Waals surface area contributed by atoms with E-state index in [0.717, 1.165) is 19.1 Å². The normalized spacial score (nSPS) is 14.5. The smallest absolute Gasteiger partial charge is 0.0519 e. The van der Waals surface area contributed by atoms with E-state index in [-0.39, 0.29) is 0 Å². The van der Waals surface area contributed by atoms with Crippen LogP contribution in [-0.2, 0) is 13.1 Å². The lowest BCUT2D eigenvalue weighted by atomic mass is 10.2. The Morgan fingerprint density at radius 3 is 2.65 bits per heavy atom. The van der Waals surface area contributed by atoms with Crippen LogP contribution in [0.4, 0.5) is 5.69 Å². The molecule has 1 fully saturated rings. The summed E-state index contributed by atoms with van der Waals surface area (Å²) >= 11 is 5.30. The van der Waals surface area contributed by atoms with Crippen LogP contribution in [0, 0.1) is 0 Å². The molecule has 20 heavy (non-hydrogen) atoms. The minimum Gasteiger partial charge on any atom is -0.369 e. The van der Waals surface area contributed by atoms with Crippen LogP contribution in [-0.4, -0.2) is 13.1 Å². The Morgan fingerprint density at radius 2 is 2.05 bits per heavy atom. The summed E-state index contributed by atoms with van der Waals surface area (Å²) in [4.78, 5) is 3.66. The maximum Gasteiger partial charge on any atom is 0.0519 e. The van der Waals surface area contributed by atoms with Crippen LogP contribution in [0.25, 0.3) is 0 Å². The molecule has 1 heterocycles. The highest BCUT2D eigenvalue weighted by Gasteiger charge is 2.19. The Kier molecular flexibility index (Phi) is 4.44. The highest BCUT2D eigenvalue weighted by molar-refractivity contribution is 9.10. The molecular weight excluding hydrogens is 332 g/mol. The minimum atomic E-state index is 0.773. The van der Waals surface area contributed by atoms with Crippen molar-refractivity contribution in [2.75, 3.05) is 11.9 Å². The third kappa shape index (κ3) is 3.84. The quantitative estimate of drug-likeness (QED) is 0.830. The van der Waals surface area contributed by atoms with Gasteiger partial charge in [0.2, 0.25) is 0 Å². The van der Waals surface area contributed by atoms with Crippen molar-refractivity contribution in [3.8, 4) is 0 Å². The van der Waals surface area contributed by atoms with Gasteiger partial charge in [-0.3, -0.25) is 0 Å². The first kappa shape index (κ1) is 14.1. The molecule has 1 N–H and O–H groups in total. The van der Waals surface area contributed by atoms with Crippen LogP contribution in [0.2, 0.25) is 0 Å². The molecule has 1 saturated carbocycles. The molecule has 2 nitrogen and oxygen atoms in total. The molecule has 0 radical (unpaired) electrons. The van der Waals surface area contributed by atoms with E-state index in [2.05, 4.69) is 68.9 Å². The number of thiophene rings is 1. The number of benzene rings is 1. The van der Waals surface area contributed by atoms with Gasteiger partial charge in [-0.2, -0.15) is 0 Å². The van der Waals surface area contributed by atoms with Gasteiger partial charge in [0.15, 0.2) is 0 Å². The summed E-state index contributed by atoms with van der Waals surface area (Å²) in [5.74, 6) is 0. The van der Waals surface area contributed by atoms with Crippen LogP contribution in [0.1, 0.15) is 23.3 Å². The van der Waals surface area contributed by atoms with E-state index in [1.807, 2.05) is 0 Å². The zero-order chi connectivity index (χ0) is 13.9. The molecule has 0 atom stereocenters. The van der Waals surface area contributed by atoms with Crippen LogP contribution in [0.15, 0.2) is 40.2 Å². The monoisotopic (exact) mass is 350 g/mol. The van der Waals surface area contributed by atoms with E-state index in [1.165, 1.54) is 33.4 Å². The molecule has 0 aliphatic heterocycles. The van der Waals surface area contributed by atoms with E-state index in [9.17, 15) is 0 Å². The SMILES string of the molecule is CN(Cc1cc(Br)cs1)c1ccc(CNC2CC2)cc1. The lowest BCUT2D eigenvalue weighted by Gasteiger charge is -2.18. The van der Waals surface area contributed by atoms with Crippen molar-refractivity contribution in [3.05, 3.63) is 50.6 Å². The zero-order valence-electron chi connectivity index (χ0n) is 11.6. The maximum absolute atomic E-state index is 3.55. The first-order chi connectivity index (χ1) is 9.70. The largest absolute Gasteiger partial charge is 0.369 e. The van der Waals surface area contributed by atoms with Gasteiger partial charge in [-0.05, 0) is 52.5 Å². The number of nitrogens with zero attached hydrogens (tertiary/aromatic N) is 1. The van der Waals surface area contributed by atoms with Gasteiger partial charge in [-0.15, -0.1) is 11.3 Å². The summed E-state index contributed by atoms with van der Waals surface area (Å²) in [6, 6.07) is 11.8.